The fourth-order valence-electron chi connectivity index (χ4n) is 3.64. The number of piperidine rings is 1. The maximum Gasteiger partial charge on any atom is 0.416 e. The number of likely N-dealkylation sites (tertiary alicyclic amines) is 1. The third-order valence-electron chi connectivity index (χ3n) is 4.95. The Hall–Kier alpha value is -0.780. The second kappa shape index (κ2) is 6.02. The first kappa shape index (κ1) is 16.1. The zero-order valence-corrected chi connectivity index (χ0v) is 13.1. The van der Waals surface area contributed by atoms with Crippen LogP contribution in [0.2, 0.25) is 5.02 Å². The summed E-state index contributed by atoms with van der Waals surface area (Å²) in [4.78, 5) is 2.24. The van der Waals surface area contributed by atoms with E-state index in [4.69, 9.17) is 11.6 Å². The van der Waals surface area contributed by atoms with E-state index in [1.54, 1.807) is 0 Å². The average molecular weight is 333 g/mol. The van der Waals surface area contributed by atoms with Crippen LogP contribution in [-0.2, 0) is 12.7 Å². The van der Waals surface area contributed by atoms with Crippen LogP contribution in [0.15, 0.2) is 18.2 Å². The van der Waals surface area contributed by atoms with E-state index in [0.717, 1.165) is 51.5 Å². The van der Waals surface area contributed by atoms with Crippen molar-refractivity contribution in [2.45, 2.75) is 32.0 Å². The molecule has 1 N–H and O–H groups in total. The highest BCUT2D eigenvalue weighted by Gasteiger charge is 2.39. The minimum atomic E-state index is -4.32. The fraction of sp³-hybridized carbons (Fsp3) is 0.625. The highest BCUT2D eigenvalue weighted by Crippen LogP contribution is 2.40. The summed E-state index contributed by atoms with van der Waals surface area (Å²) >= 11 is 6.10. The Morgan fingerprint density at radius 2 is 1.91 bits per heavy atom. The van der Waals surface area contributed by atoms with Crippen LogP contribution in [-0.4, -0.2) is 31.1 Å². The van der Waals surface area contributed by atoms with E-state index in [1.165, 1.54) is 12.1 Å². The fourth-order valence-corrected chi connectivity index (χ4v) is 3.82. The molecule has 3 rings (SSSR count). The van der Waals surface area contributed by atoms with Crippen LogP contribution in [0.4, 0.5) is 13.2 Å². The second-order valence-corrected chi connectivity index (χ2v) is 6.92. The molecule has 22 heavy (non-hydrogen) atoms. The van der Waals surface area contributed by atoms with Crippen molar-refractivity contribution in [3.05, 3.63) is 34.3 Å². The molecule has 2 saturated heterocycles. The van der Waals surface area contributed by atoms with Crippen LogP contribution in [0.25, 0.3) is 0 Å². The van der Waals surface area contributed by atoms with Gasteiger partial charge in [0.25, 0.3) is 0 Å². The molecule has 0 bridgehead atoms. The first-order valence-corrected chi connectivity index (χ1v) is 8.05. The van der Waals surface area contributed by atoms with Gasteiger partial charge in [0.15, 0.2) is 0 Å². The molecule has 1 aromatic rings. The molecule has 2 aliphatic rings. The summed E-state index contributed by atoms with van der Waals surface area (Å²) in [6, 6.07) is 3.59. The number of hydrogen-bond acceptors (Lipinski definition) is 2. The Morgan fingerprint density at radius 3 is 2.59 bits per heavy atom. The zero-order chi connectivity index (χ0) is 15.8. The Morgan fingerprint density at radius 1 is 1.18 bits per heavy atom. The molecule has 0 aliphatic carbocycles. The first-order valence-electron chi connectivity index (χ1n) is 7.67. The molecule has 6 heteroatoms. The number of hydrogen-bond donors (Lipinski definition) is 1. The number of halogens is 4. The third kappa shape index (κ3) is 3.42. The highest BCUT2D eigenvalue weighted by atomic mass is 35.5. The quantitative estimate of drug-likeness (QED) is 0.882. The van der Waals surface area contributed by atoms with E-state index < -0.39 is 11.7 Å². The predicted octanol–water partition coefficient (Wildman–Crippen LogP) is 3.93. The molecule has 0 saturated carbocycles. The van der Waals surface area contributed by atoms with E-state index in [0.29, 0.717) is 22.5 Å². The van der Waals surface area contributed by atoms with Gasteiger partial charge in [0.05, 0.1) is 5.56 Å². The van der Waals surface area contributed by atoms with Gasteiger partial charge in [0, 0.05) is 18.1 Å². The highest BCUT2D eigenvalue weighted by molar-refractivity contribution is 6.31. The van der Waals surface area contributed by atoms with Crippen molar-refractivity contribution in [3.63, 3.8) is 0 Å². The van der Waals surface area contributed by atoms with E-state index >= 15 is 0 Å². The van der Waals surface area contributed by atoms with E-state index in [9.17, 15) is 13.2 Å². The van der Waals surface area contributed by atoms with Gasteiger partial charge in [-0.15, -0.1) is 0 Å². The van der Waals surface area contributed by atoms with Gasteiger partial charge in [0.1, 0.15) is 0 Å². The Labute approximate surface area is 133 Å². The van der Waals surface area contributed by atoms with Gasteiger partial charge in [-0.25, -0.2) is 0 Å². The van der Waals surface area contributed by atoms with Crippen molar-refractivity contribution in [2.75, 3.05) is 26.2 Å². The molecule has 2 nitrogen and oxygen atoms in total. The molecule has 2 aliphatic heterocycles. The Kier molecular flexibility index (Phi) is 4.40. The lowest BCUT2D eigenvalue weighted by Crippen LogP contribution is -2.38. The maximum atomic E-state index is 12.8. The largest absolute Gasteiger partial charge is 0.416 e. The lowest BCUT2D eigenvalue weighted by atomic mass is 9.78. The number of nitrogens with zero attached hydrogens (tertiary/aromatic N) is 1. The molecule has 0 radical (unpaired) electrons. The van der Waals surface area contributed by atoms with Crippen LogP contribution in [0.3, 0.4) is 0 Å². The summed E-state index contributed by atoms with van der Waals surface area (Å²) in [6.07, 6.45) is -0.883. The monoisotopic (exact) mass is 332 g/mol. The molecule has 1 spiro atoms. The van der Waals surface area contributed by atoms with Crippen LogP contribution in [0.1, 0.15) is 30.4 Å². The summed E-state index contributed by atoms with van der Waals surface area (Å²) in [5, 5.41) is 3.78. The minimum absolute atomic E-state index is 0.347. The minimum Gasteiger partial charge on any atom is -0.317 e. The van der Waals surface area contributed by atoms with E-state index in [1.807, 2.05) is 0 Å². The normalized spacial score (nSPS) is 22.4. The number of rotatable bonds is 2. The maximum absolute atomic E-state index is 12.8. The SMILES string of the molecule is FC(F)(F)c1ccc(Cl)c(CN2CCC3(CCNCC3)C2)c1. The van der Waals surface area contributed by atoms with Gasteiger partial charge in [-0.1, -0.05) is 11.6 Å². The molecule has 0 atom stereocenters. The first-order chi connectivity index (χ1) is 10.4. The summed E-state index contributed by atoms with van der Waals surface area (Å²) in [5.41, 5.74) is 0.296. The van der Waals surface area contributed by atoms with Gasteiger partial charge in [0.2, 0.25) is 0 Å². The third-order valence-corrected chi connectivity index (χ3v) is 5.32. The number of alkyl halides is 3. The molecule has 0 amide bonds. The van der Waals surface area contributed by atoms with Crippen molar-refractivity contribution < 1.29 is 13.2 Å². The van der Waals surface area contributed by atoms with Crippen LogP contribution in [0, 0.1) is 5.41 Å². The molecular weight excluding hydrogens is 313 g/mol. The molecule has 2 heterocycles. The van der Waals surface area contributed by atoms with Crippen LogP contribution < -0.4 is 5.32 Å². The lowest BCUT2D eigenvalue weighted by Gasteiger charge is -2.34. The van der Waals surface area contributed by atoms with Crippen molar-refractivity contribution in [2.24, 2.45) is 5.41 Å². The lowest BCUT2D eigenvalue weighted by molar-refractivity contribution is -0.137. The van der Waals surface area contributed by atoms with Crippen LogP contribution >= 0.6 is 11.6 Å². The van der Waals surface area contributed by atoms with Gasteiger partial charge in [-0.2, -0.15) is 13.2 Å². The van der Waals surface area contributed by atoms with E-state index in [2.05, 4.69) is 10.2 Å². The summed E-state index contributed by atoms with van der Waals surface area (Å²) < 4.78 is 38.5. The van der Waals surface area contributed by atoms with Crippen molar-refractivity contribution in [1.82, 2.24) is 10.2 Å². The predicted molar refractivity (Wildman–Crippen MR) is 80.9 cm³/mol. The van der Waals surface area contributed by atoms with E-state index in [-0.39, 0.29) is 0 Å². The Bertz CT molecular complexity index is 539. The molecule has 0 aromatic heterocycles. The number of nitrogens with one attached hydrogen (secondary N) is 1. The molecule has 1 aromatic carbocycles. The summed E-state index contributed by atoms with van der Waals surface area (Å²) in [6.45, 7) is 4.47. The molecule has 0 unspecified atom stereocenters. The number of benzene rings is 1. The topological polar surface area (TPSA) is 15.3 Å². The molecule has 2 fully saturated rings. The standard InChI is InChI=1S/C16H20ClF3N2/c17-14-2-1-13(16(18,19)20)9-12(14)10-22-8-5-15(11-22)3-6-21-7-4-15/h1-2,9,21H,3-8,10-11H2. The van der Waals surface area contributed by atoms with Gasteiger partial charge < -0.3 is 5.32 Å². The van der Waals surface area contributed by atoms with Crippen molar-refractivity contribution in [3.8, 4) is 0 Å². The molecule has 122 valence electrons. The van der Waals surface area contributed by atoms with Crippen molar-refractivity contribution >= 4 is 11.6 Å². The van der Waals surface area contributed by atoms with Gasteiger partial charge in [-0.3, -0.25) is 4.90 Å². The van der Waals surface area contributed by atoms with Gasteiger partial charge >= 0.3 is 6.18 Å². The summed E-state index contributed by atoms with van der Waals surface area (Å²) in [7, 11) is 0. The second-order valence-electron chi connectivity index (χ2n) is 6.51. The van der Waals surface area contributed by atoms with Crippen molar-refractivity contribution in [1.29, 1.82) is 0 Å². The Balaban J connectivity index is 1.71. The molecular formula is C16H20ClF3N2. The summed E-state index contributed by atoms with van der Waals surface area (Å²) in [5.74, 6) is 0. The smallest absolute Gasteiger partial charge is 0.317 e. The average Bonchev–Trinajstić information content (AvgIpc) is 2.83. The van der Waals surface area contributed by atoms with Crippen LogP contribution in [0.5, 0.6) is 0 Å². The van der Waals surface area contributed by atoms with Gasteiger partial charge in [-0.05, 0) is 68.1 Å². The zero-order valence-electron chi connectivity index (χ0n) is 12.3.